The molecule has 41 heavy (non-hydrogen) atoms. The fraction of sp³-hybridized carbons (Fsp3) is 0.519. The molecule has 0 radical (unpaired) electrons. The molecule has 2 aromatic heterocycles. The van der Waals surface area contributed by atoms with Crippen molar-refractivity contribution in [3.63, 3.8) is 0 Å². The van der Waals surface area contributed by atoms with Crippen LogP contribution in [-0.2, 0) is 32.5 Å². The van der Waals surface area contributed by atoms with Crippen molar-refractivity contribution in [2.45, 2.75) is 36.9 Å². The largest absolute Gasteiger partial charge is 0.378 e. The average Bonchev–Trinajstić information content (AvgIpc) is 3.60. The molecule has 1 atom stereocenters. The Balaban J connectivity index is 1.24. The van der Waals surface area contributed by atoms with Gasteiger partial charge in [0.1, 0.15) is 5.03 Å². The lowest BCUT2D eigenvalue weighted by Gasteiger charge is -2.40. The van der Waals surface area contributed by atoms with Crippen molar-refractivity contribution >= 4 is 55.7 Å². The van der Waals surface area contributed by atoms with Crippen LogP contribution in [0, 0.1) is 0 Å². The van der Waals surface area contributed by atoms with Gasteiger partial charge in [-0.15, -0.1) is 11.3 Å². The van der Waals surface area contributed by atoms with Crippen LogP contribution in [0.25, 0.3) is 10.9 Å². The Morgan fingerprint density at radius 2 is 1.95 bits per heavy atom. The van der Waals surface area contributed by atoms with Gasteiger partial charge in [0.05, 0.1) is 18.9 Å². The minimum Gasteiger partial charge on any atom is -0.378 e. The number of piperazine rings is 1. The van der Waals surface area contributed by atoms with Crippen LogP contribution >= 0.6 is 22.9 Å². The molecule has 3 aliphatic heterocycles. The number of rotatable bonds is 6. The fourth-order valence-corrected chi connectivity index (χ4v) is 8.52. The number of aromatic amines is 1. The molecule has 0 aliphatic carbocycles. The first-order chi connectivity index (χ1) is 19.7. The maximum absolute atomic E-state index is 13.8. The van der Waals surface area contributed by atoms with Crippen molar-refractivity contribution in [2.24, 2.45) is 0 Å². The number of carbonyl (C=O) groups excluding carboxylic acids is 2. The van der Waals surface area contributed by atoms with Crippen LogP contribution in [-0.4, -0.2) is 115 Å². The maximum atomic E-state index is 13.8. The number of thiazole rings is 1. The predicted molar refractivity (Wildman–Crippen MR) is 156 cm³/mol. The second-order valence-electron chi connectivity index (χ2n) is 10.8. The summed E-state index contributed by atoms with van der Waals surface area (Å²) in [6, 6.07) is 6.28. The molecule has 6 rings (SSSR count). The molecule has 0 bridgehead atoms. The van der Waals surface area contributed by atoms with Crippen molar-refractivity contribution < 1.29 is 22.7 Å². The number of nitrogens with zero attached hydrogens (tertiary/aromatic N) is 5. The molecule has 14 heteroatoms. The van der Waals surface area contributed by atoms with E-state index in [4.69, 9.17) is 16.3 Å². The molecule has 3 aliphatic rings. The van der Waals surface area contributed by atoms with Gasteiger partial charge in [-0.2, -0.15) is 4.31 Å². The van der Waals surface area contributed by atoms with Crippen LogP contribution in [0.1, 0.15) is 33.2 Å². The van der Waals surface area contributed by atoms with Crippen molar-refractivity contribution in [3.8, 4) is 0 Å². The molecule has 11 nitrogen and oxygen atoms in total. The van der Waals surface area contributed by atoms with Gasteiger partial charge >= 0.3 is 0 Å². The van der Waals surface area contributed by atoms with E-state index in [1.165, 1.54) is 15.6 Å². The smallest absolute Gasteiger partial charge is 0.283 e. The Bertz CT molecular complexity index is 1570. The number of hydrogen-bond donors (Lipinski definition) is 1. The van der Waals surface area contributed by atoms with E-state index < -0.39 is 16.1 Å². The number of ether oxygens (including phenoxy) is 1. The molecule has 220 valence electrons. The number of benzene rings is 1. The number of hydrogen-bond acceptors (Lipinski definition) is 8. The number of halogens is 1. The molecular formula is C27H33ClN6O5S2. The number of nitrogens with one attached hydrogen (secondary N) is 1. The third-order valence-corrected chi connectivity index (χ3v) is 11.1. The number of H-pyrrole nitrogens is 1. The van der Waals surface area contributed by atoms with Crippen LogP contribution in [0.3, 0.4) is 0 Å². The molecule has 5 heterocycles. The highest BCUT2D eigenvalue weighted by atomic mass is 35.5. The summed E-state index contributed by atoms with van der Waals surface area (Å²) in [6.45, 7) is 4.20. The molecule has 2 fully saturated rings. The lowest BCUT2D eigenvalue weighted by atomic mass is 10.1. The van der Waals surface area contributed by atoms with E-state index in [-0.39, 0.29) is 42.9 Å². The van der Waals surface area contributed by atoms with Gasteiger partial charge in [0.25, 0.3) is 15.9 Å². The number of aromatic nitrogens is 2. The third kappa shape index (κ3) is 5.88. The molecular weight excluding hydrogens is 588 g/mol. The number of carbonyl (C=O) groups is 2. The summed E-state index contributed by atoms with van der Waals surface area (Å²) in [4.78, 5) is 41.2. The average molecular weight is 621 g/mol. The van der Waals surface area contributed by atoms with Crippen LogP contribution in [0.5, 0.6) is 0 Å². The quantitative estimate of drug-likeness (QED) is 0.450. The Morgan fingerprint density at radius 3 is 2.76 bits per heavy atom. The van der Waals surface area contributed by atoms with Crippen LogP contribution in [0.4, 0.5) is 0 Å². The maximum Gasteiger partial charge on any atom is 0.283 e. The van der Waals surface area contributed by atoms with Crippen LogP contribution < -0.4 is 0 Å². The molecule has 1 aromatic carbocycles. The van der Waals surface area contributed by atoms with Crippen molar-refractivity contribution in [2.75, 3.05) is 59.5 Å². The first kappa shape index (κ1) is 28.6. The van der Waals surface area contributed by atoms with E-state index in [0.29, 0.717) is 53.7 Å². The topological polar surface area (TPSA) is 119 Å². The number of amides is 2. The molecule has 1 unspecified atom stereocenters. The van der Waals surface area contributed by atoms with Gasteiger partial charge in [0, 0.05) is 85.5 Å². The van der Waals surface area contributed by atoms with Crippen molar-refractivity contribution in [1.29, 1.82) is 0 Å². The van der Waals surface area contributed by atoms with Crippen LogP contribution in [0.15, 0.2) is 29.3 Å². The summed E-state index contributed by atoms with van der Waals surface area (Å²) in [5.74, 6) is -0.214. The minimum atomic E-state index is -3.88. The van der Waals surface area contributed by atoms with E-state index in [1.54, 1.807) is 34.1 Å². The first-order valence-electron chi connectivity index (χ1n) is 13.8. The third-order valence-electron chi connectivity index (χ3n) is 8.04. The van der Waals surface area contributed by atoms with E-state index >= 15 is 0 Å². The molecule has 3 aromatic rings. The van der Waals surface area contributed by atoms with Gasteiger partial charge in [-0.3, -0.25) is 9.59 Å². The van der Waals surface area contributed by atoms with E-state index in [2.05, 4.69) is 14.9 Å². The number of sulfonamides is 1. The summed E-state index contributed by atoms with van der Waals surface area (Å²) < 4.78 is 34.3. The fourth-order valence-electron chi connectivity index (χ4n) is 5.71. The summed E-state index contributed by atoms with van der Waals surface area (Å²) in [7, 11) is -1.84. The van der Waals surface area contributed by atoms with Gasteiger partial charge in [-0.25, -0.2) is 13.4 Å². The van der Waals surface area contributed by atoms with Crippen molar-refractivity contribution in [3.05, 3.63) is 44.9 Å². The zero-order chi connectivity index (χ0) is 28.7. The van der Waals surface area contributed by atoms with Crippen LogP contribution in [0.2, 0.25) is 5.02 Å². The Hall–Kier alpha value is -2.55. The number of fused-ring (bicyclic) bond motifs is 2. The second-order valence-corrected chi connectivity index (χ2v) is 14.2. The monoisotopic (exact) mass is 620 g/mol. The molecule has 0 saturated carbocycles. The summed E-state index contributed by atoms with van der Waals surface area (Å²) >= 11 is 7.52. The Morgan fingerprint density at radius 1 is 1.15 bits per heavy atom. The minimum absolute atomic E-state index is 0.0130. The van der Waals surface area contributed by atoms with E-state index in [9.17, 15) is 18.0 Å². The van der Waals surface area contributed by atoms with Gasteiger partial charge in [-0.05, 0) is 37.7 Å². The Kier molecular flexibility index (Phi) is 8.09. The Labute approximate surface area is 248 Å². The lowest BCUT2D eigenvalue weighted by Crippen LogP contribution is -2.56. The summed E-state index contributed by atoms with van der Waals surface area (Å²) in [5, 5.41) is 1.73. The summed E-state index contributed by atoms with van der Waals surface area (Å²) in [6.07, 6.45) is 1.37. The van der Waals surface area contributed by atoms with E-state index in [0.717, 1.165) is 30.1 Å². The highest BCUT2D eigenvalue weighted by molar-refractivity contribution is 7.89. The molecule has 2 amide bonds. The van der Waals surface area contributed by atoms with Gasteiger partial charge in [0.15, 0.2) is 5.01 Å². The predicted octanol–water partition coefficient (Wildman–Crippen LogP) is 2.42. The number of morpholine rings is 1. The summed E-state index contributed by atoms with van der Waals surface area (Å²) in [5.41, 5.74) is 1.64. The molecule has 0 spiro atoms. The first-order valence-corrected chi connectivity index (χ1v) is 16.4. The lowest BCUT2D eigenvalue weighted by molar-refractivity contribution is -0.135. The SMILES string of the molecule is CN1CCc2nc(C(=O)N3CCN(S(=O)(=O)c4cc5cc(Cl)ccc5[nH]4)CC3CCC(=O)N3CCOCC3)sc2C1. The van der Waals surface area contributed by atoms with Gasteiger partial charge in [0.2, 0.25) is 5.91 Å². The molecule has 1 N–H and O–H groups in total. The number of likely N-dealkylation sites (N-methyl/N-ethyl adjacent to an activating group) is 1. The zero-order valence-electron chi connectivity index (χ0n) is 22.8. The highest BCUT2D eigenvalue weighted by Crippen LogP contribution is 2.30. The zero-order valence-corrected chi connectivity index (χ0v) is 25.2. The highest BCUT2D eigenvalue weighted by Gasteiger charge is 2.39. The second kappa shape index (κ2) is 11.6. The van der Waals surface area contributed by atoms with Gasteiger partial charge < -0.3 is 24.4 Å². The normalized spacial score (nSPS) is 20.9. The standard InChI is InChI=1S/C27H33ClN6O5S2/c1-31-7-6-22-23(17-31)40-26(30-22)27(36)34-9-8-33(16-20(34)3-5-25(35)32-10-12-39-13-11-32)41(37,38)24-15-18-14-19(28)2-4-21(18)29-24/h2,4,14-15,20,29H,3,5-13,16-17H2,1H3. The van der Waals surface area contributed by atoms with Crippen molar-refractivity contribution in [1.82, 2.24) is 29.0 Å². The van der Waals surface area contributed by atoms with Gasteiger partial charge in [-0.1, -0.05) is 11.6 Å². The molecule has 2 saturated heterocycles. The van der Waals surface area contributed by atoms with E-state index in [1.807, 2.05) is 7.05 Å².